The first-order chi connectivity index (χ1) is 10.3. The smallest absolute Gasteiger partial charge is 0.161 e. The van der Waals surface area contributed by atoms with E-state index in [1.54, 1.807) is 0 Å². The van der Waals surface area contributed by atoms with Gasteiger partial charge in [0.05, 0.1) is 6.61 Å². The summed E-state index contributed by atoms with van der Waals surface area (Å²) >= 11 is 0. The molecule has 0 saturated heterocycles. The Morgan fingerprint density at radius 1 is 1.00 bits per heavy atom. The molecule has 4 rings (SSSR count). The maximum absolute atomic E-state index is 6.07. The largest absolute Gasteiger partial charge is 0.493 e. The van der Waals surface area contributed by atoms with Crippen molar-refractivity contribution in [2.45, 2.75) is 26.3 Å². The standard InChI is InChI=1S/C18H19NO2/c1-13-4-7-15(8-5-13)19-11-14-6-9-17-16(3-2-10-20-17)18(14)21-12-19/h4-9H,2-3,10-12H2,1H3. The second-order valence-electron chi connectivity index (χ2n) is 5.79. The molecular weight excluding hydrogens is 262 g/mol. The number of fused-ring (bicyclic) bond motifs is 3. The van der Waals surface area contributed by atoms with E-state index in [1.165, 1.54) is 22.4 Å². The Balaban J connectivity index is 1.65. The first-order valence-corrected chi connectivity index (χ1v) is 7.53. The minimum Gasteiger partial charge on any atom is -0.493 e. The summed E-state index contributed by atoms with van der Waals surface area (Å²) in [5.41, 5.74) is 5.00. The van der Waals surface area contributed by atoms with Crippen molar-refractivity contribution in [2.75, 3.05) is 18.2 Å². The van der Waals surface area contributed by atoms with Crippen LogP contribution in [0.5, 0.6) is 11.5 Å². The molecule has 0 N–H and O–H groups in total. The topological polar surface area (TPSA) is 21.7 Å². The van der Waals surface area contributed by atoms with Crippen molar-refractivity contribution in [3.05, 3.63) is 53.1 Å². The molecule has 3 heteroatoms. The average Bonchev–Trinajstić information content (AvgIpc) is 2.55. The molecule has 0 bridgehead atoms. The normalized spacial score (nSPS) is 16.5. The molecule has 2 aliphatic heterocycles. The molecule has 0 aromatic heterocycles. The van der Waals surface area contributed by atoms with Crippen LogP contribution in [0.1, 0.15) is 23.1 Å². The van der Waals surface area contributed by atoms with Gasteiger partial charge in [-0.2, -0.15) is 0 Å². The van der Waals surface area contributed by atoms with Gasteiger partial charge in [-0.05, 0) is 44.0 Å². The molecular formula is C18H19NO2. The zero-order chi connectivity index (χ0) is 14.2. The average molecular weight is 281 g/mol. The Hall–Kier alpha value is -2.16. The summed E-state index contributed by atoms with van der Waals surface area (Å²) in [6.07, 6.45) is 2.14. The molecule has 0 fully saturated rings. The summed E-state index contributed by atoms with van der Waals surface area (Å²) in [4.78, 5) is 2.26. The number of aryl methyl sites for hydroxylation is 1. The van der Waals surface area contributed by atoms with Crippen LogP contribution >= 0.6 is 0 Å². The van der Waals surface area contributed by atoms with Gasteiger partial charge in [0.1, 0.15) is 11.5 Å². The van der Waals surface area contributed by atoms with Gasteiger partial charge in [-0.1, -0.05) is 17.7 Å². The van der Waals surface area contributed by atoms with Crippen molar-refractivity contribution >= 4 is 5.69 Å². The second kappa shape index (κ2) is 4.99. The molecule has 21 heavy (non-hydrogen) atoms. The molecule has 108 valence electrons. The molecule has 2 heterocycles. The van der Waals surface area contributed by atoms with Gasteiger partial charge in [0.15, 0.2) is 6.73 Å². The molecule has 2 aromatic carbocycles. The van der Waals surface area contributed by atoms with Crippen LogP contribution in [0.25, 0.3) is 0 Å². The molecule has 0 saturated carbocycles. The number of ether oxygens (including phenoxy) is 2. The first kappa shape index (κ1) is 12.6. The zero-order valence-electron chi connectivity index (χ0n) is 12.3. The Morgan fingerprint density at radius 2 is 1.86 bits per heavy atom. The fraction of sp³-hybridized carbons (Fsp3) is 0.333. The monoisotopic (exact) mass is 281 g/mol. The van der Waals surface area contributed by atoms with E-state index < -0.39 is 0 Å². The second-order valence-corrected chi connectivity index (χ2v) is 5.79. The van der Waals surface area contributed by atoms with Crippen LogP contribution in [0.4, 0.5) is 5.69 Å². The van der Waals surface area contributed by atoms with Gasteiger partial charge in [-0.25, -0.2) is 0 Å². The van der Waals surface area contributed by atoms with E-state index in [0.717, 1.165) is 37.5 Å². The Kier molecular flexibility index (Phi) is 2.99. The van der Waals surface area contributed by atoms with Crippen LogP contribution in [0.3, 0.4) is 0 Å². The van der Waals surface area contributed by atoms with E-state index in [0.29, 0.717) is 6.73 Å². The first-order valence-electron chi connectivity index (χ1n) is 7.53. The predicted octanol–water partition coefficient (Wildman–Crippen LogP) is 3.68. The van der Waals surface area contributed by atoms with Crippen LogP contribution in [-0.2, 0) is 13.0 Å². The molecule has 0 atom stereocenters. The van der Waals surface area contributed by atoms with Gasteiger partial charge in [0.25, 0.3) is 0 Å². The van der Waals surface area contributed by atoms with Crippen molar-refractivity contribution in [2.24, 2.45) is 0 Å². The van der Waals surface area contributed by atoms with Crippen LogP contribution in [0.15, 0.2) is 36.4 Å². The minimum absolute atomic E-state index is 0.604. The molecule has 3 nitrogen and oxygen atoms in total. The summed E-state index contributed by atoms with van der Waals surface area (Å²) in [7, 11) is 0. The van der Waals surface area contributed by atoms with Gasteiger partial charge < -0.3 is 14.4 Å². The van der Waals surface area contributed by atoms with Crippen LogP contribution in [0, 0.1) is 6.92 Å². The molecule has 2 aliphatic rings. The van der Waals surface area contributed by atoms with Gasteiger partial charge in [0, 0.05) is 23.4 Å². The van der Waals surface area contributed by atoms with Gasteiger partial charge in [-0.3, -0.25) is 0 Å². The lowest BCUT2D eigenvalue weighted by Crippen LogP contribution is -2.32. The number of benzene rings is 2. The summed E-state index contributed by atoms with van der Waals surface area (Å²) in [6.45, 7) is 4.43. The van der Waals surface area contributed by atoms with Gasteiger partial charge >= 0.3 is 0 Å². The third-order valence-electron chi connectivity index (χ3n) is 4.25. The van der Waals surface area contributed by atoms with E-state index >= 15 is 0 Å². The number of rotatable bonds is 1. The van der Waals surface area contributed by atoms with Crippen molar-refractivity contribution in [3.8, 4) is 11.5 Å². The fourth-order valence-electron chi connectivity index (χ4n) is 3.08. The third-order valence-corrected chi connectivity index (χ3v) is 4.25. The predicted molar refractivity (Wildman–Crippen MR) is 83.1 cm³/mol. The molecule has 0 spiro atoms. The van der Waals surface area contributed by atoms with E-state index in [1.807, 2.05) is 0 Å². The zero-order valence-corrected chi connectivity index (χ0v) is 12.3. The molecule has 0 amide bonds. The Bertz CT molecular complexity index is 664. The molecule has 0 unspecified atom stereocenters. The van der Waals surface area contributed by atoms with Crippen LogP contribution < -0.4 is 14.4 Å². The van der Waals surface area contributed by atoms with E-state index in [4.69, 9.17) is 9.47 Å². The van der Waals surface area contributed by atoms with Crippen LogP contribution in [0.2, 0.25) is 0 Å². The number of hydrogen-bond donors (Lipinski definition) is 0. The maximum atomic E-state index is 6.07. The van der Waals surface area contributed by atoms with E-state index in [-0.39, 0.29) is 0 Å². The maximum Gasteiger partial charge on any atom is 0.161 e. The van der Waals surface area contributed by atoms with E-state index in [9.17, 15) is 0 Å². The van der Waals surface area contributed by atoms with Gasteiger partial charge in [-0.15, -0.1) is 0 Å². The Labute approximate surface area is 125 Å². The number of nitrogens with zero attached hydrogens (tertiary/aromatic N) is 1. The van der Waals surface area contributed by atoms with Gasteiger partial charge in [0.2, 0.25) is 0 Å². The highest BCUT2D eigenvalue weighted by Crippen LogP contribution is 2.39. The highest BCUT2D eigenvalue weighted by Gasteiger charge is 2.24. The highest BCUT2D eigenvalue weighted by molar-refractivity contribution is 5.56. The lowest BCUT2D eigenvalue weighted by Gasteiger charge is -2.33. The van der Waals surface area contributed by atoms with E-state index in [2.05, 4.69) is 48.2 Å². The Morgan fingerprint density at radius 3 is 2.71 bits per heavy atom. The quantitative estimate of drug-likeness (QED) is 0.796. The SMILES string of the molecule is Cc1ccc(N2COc3c(ccc4c3CCCO4)C2)cc1. The summed E-state index contributed by atoms with van der Waals surface area (Å²) in [6, 6.07) is 12.8. The minimum atomic E-state index is 0.604. The van der Waals surface area contributed by atoms with Crippen molar-refractivity contribution in [1.29, 1.82) is 0 Å². The number of anilines is 1. The molecule has 2 aromatic rings. The van der Waals surface area contributed by atoms with Crippen molar-refractivity contribution < 1.29 is 9.47 Å². The lowest BCUT2D eigenvalue weighted by molar-refractivity contribution is 0.260. The van der Waals surface area contributed by atoms with Crippen molar-refractivity contribution in [3.63, 3.8) is 0 Å². The fourth-order valence-corrected chi connectivity index (χ4v) is 3.08. The highest BCUT2D eigenvalue weighted by atomic mass is 16.5. The molecule has 0 radical (unpaired) electrons. The third kappa shape index (κ3) is 2.23. The molecule has 0 aliphatic carbocycles. The lowest BCUT2D eigenvalue weighted by atomic mass is 10.0. The van der Waals surface area contributed by atoms with Crippen molar-refractivity contribution in [1.82, 2.24) is 0 Å². The summed E-state index contributed by atoms with van der Waals surface area (Å²) in [5, 5.41) is 0. The summed E-state index contributed by atoms with van der Waals surface area (Å²) < 4.78 is 11.8. The van der Waals surface area contributed by atoms with Crippen LogP contribution in [-0.4, -0.2) is 13.3 Å². The summed E-state index contributed by atoms with van der Waals surface area (Å²) in [5.74, 6) is 2.05. The number of hydrogen-bond acceptors (Lipinski definition) is 3.